The van der Waals surface area contributed by atoms with E-state index in [0.717, 1.165) is 17.0 Å². The second kappa shape index (κ2) is 6.70. The van der Waals surface area contributed by atoms with E-state index in [0.29, 0.717) is 18.5 Å². The highest BCUT2D eigenvalue weighted by molar-refractivity contribution is 5.81. The maximum absolute atomic E-state index is 12.9. The van der Waals surface area contributed by atoms with Crippen LogP contribution in [0, 0.1) is 19.7 Å². The lowest BCUT2D eigenvalue weighted by Crippen LogP contribution is -2.33. The molecule has 0 radical (unpaired) electrons. The Kier molecular flexibility index (Phi) is 4.92. The summed E-state index contributed by atoms with van der Waals surface area (Å²) in [6.07, 6.45) is -0.621. The third-order valence-corrected chi connectivity index (χ3v) is 3.77. The number of likely N-dealkylation sites (N-methyl/N-ethyl adjacent to an activating group) is 1. The molecule has 0 bridgehead atoms. The molecule has 2 rings (SSSR count). The molecular formula is C16H20FN3O2. The second-order valence-electron chi connectivity index (χ2n) is 5.38. The van der Waals surface area contributed by atoms with Crippen LogP contribution < -0.4 is 0 Å². The summed E-state index contributed by atoms with van der Waals surface area (Å²) >= 11 is 0. The Balaban J connectivity index is 1.98. The molecule has 0 aliphatic carbocycles. The van der Waals surface area contributed by atoms with E-state index in [9.17, 15) is 14.3 Å². The molecule has 22 heavy (non-hydrogen) atoms. The molecule has 0 aliphatic rings. The molecule has 0 aliphatic heterocycles. The molecule has 1 heterocycles. The van der Waals surface area contributed by atoms with Crippen LogP contribution in [0.25, 0.3) is 0 Å². The fraction of sp³-hybridized carbons (Fsp3) is 0.375. The normalized spacial score (nSPS) is 12.2. The summed E-state index contributed by atoms with van der Waals surface area (Å²) in [6, 6.07) is 5.28. The molecule has 0 spiro atoms. The molecule has 0 unspecified atom stereocenters. The minimum Gasteiger partial charge on any atom is -0.378 e. The number of carbonyl (C=O) groups excluding carboxylic acids is 1. The molecule has 118 valence electrons. The number of aliphatic hydroxyl groups is 1. The van der Waals surface area contributed by atoms with E-state index in [-0.39, 0.29) is 0 Å². The number of halogens is 1. The molecule has 0 saturated carbocycles. The average molecular weight is 305 g/mol. The van der Waals surface area contributed by atoms with E-state index < -0.39 is 17.8 Å². The highest BCUT2D eigenvalue weighted by atomic mass is 19.1. The number of aromatic amines is 1. The van der Waals surface area contributed by atoms with Gasteiger partial charge in [0.1, 0.15) is 5.82 Å². The van der Waals surface area contributed by atoms with Crippen LogP contribution in [0.3, 0.4) is 0 Å². The van der Waals surface area contributed by atoms with E-state index in [2.05, 4.69) is 10.2 Å². The molecule has 2 N–H and O–H groups in total. The fourth-order valence-electron chi connectivity index (χ4n) is 2.33. The Morgan fingerprint density at radius 3 is 2.55 bits per heavy atom. The van der Waals surface area contributed by atoms with Gasteiger partial charge in [-0.1, -0.05) is 12.1 Å². The topological polar surface area (TPSA) is 69.2 Å². The largest absolute Gasteiger partial charge is 0.378 e. The molecule has 6 heteroatoms. The second-order valence-corrected chi connectivity index (χ2v) is 5.38. The highest BCUT2D eigenvalue weighted by Crippen LogP contribution is 2.17. The Labute approximate surface area is 128 Å². The van der Waals surface area contributed by atoms with Crippen molar-refractivity contribution < 1.29 is 14.3 Å². The maximum atomic E-state index is 12.9. The molecule has 0 fully saturated rings. The standard InChI is InChI=1S/C16H20FN3O2/c1-10-14(11(2)19-18-10)8-9-20(3)16(22)15(21)12-4-6-13(17)7-5-12/h4-7,15,21H,8-9H2,1-3H3,(H,18,19)/t15-/m1/s1. The Morgan fingerprint density at radius 2 is 2.00 bits per heavy atom. The summed E-state index contributed by atoms with van der Waals surface area (Å²) < 4.78 is 12.9. The zero-order valence-electron chi connectivity index (χ0n) is 12.9. The Hall–Kier alpha value is -2.21. The lowest BCUT2D eigenvalue weighted by atomic mass is 10.1. The first kappa shape index (κ1) is 16.2. The first-order valence-electron chi connectivity index (χ1n) is 7.09. The number of hydrogen-bond donors (Lipinski definition) is 2. The quantitative estimate of drug-likeness (QED) is 0.886. The summed E-state index contributed by atoms with van der Waals surface area (Å²) in [4.78, 5) is 13.7. The van der Waals surface area contributed by atoms with Gasteiger partial charge in [0.15, 0.2) is 6.10 Å². The van der Waals surface area contributed by atoms with Gasteiger partial charge in [-0.15, -0.1) is 0 Å². The van der Waals surface area contributed by atoms with Gasteiger partial charge in [0.05, 0.1) is 5.69 Å². The lowest BCUT2D eigenvalue weighted by Gasteiger charge is -2.21. The number of H-pyrrole nitrogens is 1. The fourth-order valence-corrected chi connectivity index (χ4v) is 2.33. The molecule has 1 aromatic heterocycles. The number of carbonyl (C=O) groups is 1. The van der Waals surface area contributed by atoms with Gasteiger partial charge in [0, 0.05) is 19.3 Å². The highest BCUT2D eigenvalue weighted by Gasteiger charge is 2.21. The zero-order valence-corrected chi connectivity index (χ0v) is 12.9. The number of aliphatic hydroxyl groups excluding tert-OH is 1. The third kappa shape index (κ3) is 3.51. The van der Waals surface area contributed by atoms with Crippen LogP contribution in [0.1, 0.15) is 28.6 Å². The van der Waals surface area contributed by atoms with E-state index >= 15 is 0 Å². The summed E-state index contributed by atoms with van der Waals surface area (Å²) in [5.74, 6) is -0.812. The summed E-state index contributed by atoms with van der Waals surface area (Å²) in [5, 5.41) is 17.1. The smallest absolute Gasteiger partial charge is 0.255 e. The van der Waals surface area contributed by atoms with Crippen molar-refractivity contribution in [1.29, 1.82) is 0 Å². The molecule has 2 aromatic rings. The first-order valence-corrected chi connectivity index (χ1v) is 7.09. The van der Waals surface area contributed by atoms with Crippen molar-refractivity contribution in [2.24, 2.45) is 0 Å². The number of rotatable bonds is 5. The first-order chi connectivity index (χ1) is 10.4. The zero-order chi connectivity index (χ0) is 16.3. The van der Waals surface area contributed by atoms with Gasteiger partial charge in [-0.25, -0.2) is 4.39 Å². The van der Waals surface area contributed by atoms with Crippen LogP contribution in [0.4, 0.5) is 4.39 Å². The van der Waals surface area contributed by atoms with Crippen molar-refractivity contribution >= 4 is 5.91 Å². The van der Waals surface area contributed by atoms with Crippen molar-refractivity contribution in [1.82, 2.24) is 15.1 Å². The van der Waals surface area contributed by atoms with Gasteiger partial charge < -0.3 is 10.0 Å². The van der Waals surface area contributed by atoms with Gasteiger partial charge in [0.25, 0.3) is 5.91 Å². The van der Waals surface area contributed by atoms with Crippen LogP contribution in [0.2, 0.25) is 0 Å². The van der Waals surface area contributed by atoms with Crippen molar-refractivity contribution in [2.75, 3.05) is 13.6 Å². The summed E-state index contributed by atoms with van der Waals surface area (Å²) in [7, 11) is 1.64. The van der Waals surface area contributed by atoms with Crippen LogP contribution in [0.5, 0.6) is 0 Å². The van der Waals surface area contributed by atoms with Gasteiger partial charge in [-0.2, -0.15) is 5.10 Å². The number of nitrogens with zero attached hydrogens (tertiary/aromatic N) is 2. The number of aryl methyl sites for hydroxylation is 2. The number of hydrogen-bond acceptors (Lipinski definition) is 3. The molecule has 1 aromatic carbocycles. The minimum absolute atomic E-state index is 0.383. The van der Waals surface area contributed by atoms with Crippen LogP contribution in [-0.2, 0) is 11.2 Å². The number of amides is 1. The molecule has 0 saturated heterocycles. The van der Waals surface area contributed by atoms with Crippen molar-refractivity contribution in [3.63, 3.8) is 0 Å². The molecule has 5 nitrogen and oxygen atoms in total. The van der Waals surface area contributed by atoms with Gasteiger partial charge >= 0.3 is 0 Å². The predicted molar refractivity (Wildman–Crippen MR) is 80.8 cm³/mol. The van der Waals surface area contributed by atoms with Crippen LogP contribution >= 0.6 is 0 Å². The van der Waals surface area contributed by atoms with Gasteiger partial charge in [0.2, 0.25) is 0 Å². The average Bonchev–Trinajstić information content (AvgIpc) is 2.83. The van der Waals surface area contributed by atoms with Gasteiger partial charge in [-0.05, 0) is 43.5 Å². The van der Waals surface area contributed by atoms with Crippen molar-refractivity contribution in [3.05, 3.63) is 52.6 Å². The van der Waals surface area contributed by atoms with E-state index in [1.807, 2.05) is 13.8 Å². The predicted octanol–water partition coefficient (Wildman–Crippen LogP) is 1.90. The van der Waals surface area contributed by atoms with E-state index in [1.54, 1.807) is 7.05 Å². The Morgan fingerprint density at radius 1 is 1.36 bits per heavy atom. The SMILES string of the molecule is Cc1n[nH]c(C)c1CCN(C)C(=O)[C@H](O)c1ccc(F)cc1. The molecule has 1 atom stereocenters. The molecular weight excluding hydrogens is 285 g/mol. The van der Waals surface area contributed by atoms with Gasteiger partial charge in [-0.3, -0.25) is 9.89 Å². The third-order valence-electron chi connectivity index (χ3n) is 3.77. The Bertz CT molecular complexity index is 632. The van der Waals surface area contributed by atoms with Crippen molar-refractivity contribution in [3.8, 4) is 0 Å². The van der Waals surface area contributed by atoms with E-state index in [4.69, 9.17) is 0 Å². The minimum atomic E-state index is -1.28. The maximum Gasteiger partial charge on any atom is 0.255 e. The number of aromatic nitrogens is 2. The molecule has 1 amide bonds. The lowest BCUT2D eigenvalue weighted by molar-refractivity contribution is -0.139. The van der Waals surface area contributed by atoms with Crippen LogP contribution in [0.15, 0.2) is 24.3 Å². The number of nitrogens with one attached hydrogen (secondary N) is 1. The summed E-state index contributed by atoms with van der Waals surface area (Å²) in [6.45, 7) is 4.32. The monoisotopic (exact) mass is 305 g/mol. The van der Waals surface area contributed by atoms with Crippen molar-refractivity contribution in [2.45, 2.75) is 26.4 Å². The van der Waals surface area contributed by atoms with E-state index in [1.165, 1.54) is 29.2 Å². The number of benzene rings is 1. The summed E-state index contributed by atoms with van der Waals surface area (Å²) in [5.41, 5.74) is 3.36. The van der Waals surface area contributed by atoms with Crippen LogP contribution in [-0.4, -0.2) is 39.7 Å².